The van der Waals surface area contributed by atoms with E-state index in [2.05, 4.69) is 16.5 Å². The Morgan fingerprint density at radius 1 is 1.12 bits per heavy atom. The zero-order valence-electron chi connectivity index (χ0n) is 13.7. The third-order valence-corrected chi connectivity index (χ3v) is 5.30. The Bertz CT molecular complexity index is 761. The van der Waals surface area contributed by atoms with Gasteiger partial charge < -0.3 is 9.64 Å². The van der Waals surface area contributed by atoms with Crippen LogP contribution in [-0.2, 0) is 20.5 Å². The molecule has 0 radical (unpaired) electrons. The first-order valence-electron chi connectivity index (χ1n) is 8.02. The van der Waals surface area contributed by atoms with Gasteiger partial charge in [-0.05, 0) is 36.8 Å². The molecule has 0 spiro atoms. The van der Waals surface area contributed by atoms with E-state index in [-0.39, 0.29) is 5.75 Å². The number of sulfonamides is 1. The number of anilines is 2. The maximum Gasteiger partial charge on any atom is 0.236 e. The zero-order valence-corrected chi connectivity index (χ0v) is 14.5. The van der Waals surface area contributed by atoms with Gasteiger partial charge in [0.2, 0.25) is 10.0 Å². The second-order valence-corrected chi connectivity index (χ2v) is 7.73. The molecule has 1 atom stereocenters. The lowest BCUT2D eigenvalue weighted by molar-refractivity contribution is 0.0989. The van der Waals surface area contributed by atoms with E-state index in [4.69, 9.17) is 4.74 Å². The summed E-state index contributed by atoms with van der Waals surface area (Å²) in [4.78, 5) is 2.27. The molecule has 1 heterocycles. The minimum atomic E-state index is -3.42. The fourth-order valence-electron chi connectivity index (χ4n) is 2.84. The van der Waals surface area contributed by atoms with Crippen molar-refractivity contribution < 1.29 is 13.2 Å². The highest BCUT2D eigenvalue weighted by Gasteiger charge is 2.19. The van der Waals surface area contributed by atoms with Crippen LogP contribution in [0.15, 0.2) is 54.6 Å². The van der Waals surface area contributed by atoms with Crippen LogP contribution >= 0.6 is 0 Å². The monoisotopic (exact) mass is 346 g/mol. The van der Waals surface area contributed by atoms with Crippen molar-refractivity contribution in [1.82, 2.24) is 0 Å². The van der Waals surface area contributed by atoms with Gasteiger partial charge in [0.25, 0.3) is 0 Å². The summed E-state index contributed by atoms with van der Waals surface area (Å²) in [5, 5.41) is 0. The van der Waals surface area contributed by atoms with E-state index in [1.165, 1.54) is 0 Å². The Labute approximate surface area is 143 Å². The van der Waals surface area contributed by atoms with Gasteiger partial charge in [0.05, 0.1) is 19.0 Å². The minimum absolute atomic E-state index is 0.0317. The molecule has 0 amide bonds. The van der Waals surface area contributed by atoms with Crippen molar-refractivity contribution in [3.63, 3.8) is 0 Å². The van der Waals surface area contributed by atoms with Crippen LogP contribution in [0.3, 0.4) is 0 Å². The van der Waals surface area contributed by atoms with E-state index in [1.807, 2.05) is 42.5 Å². The van der Waals surface area contributed by atoms with Crippen LogP contribution in [0.4, 0.5) is 11.4 Å². The lowest BCUT2D eigenvalue weighted by atomic mass is 10.2. The third-order valence-electron chi connectivity index (χ3n) is 4.04. The summed E-state index contributed by atoms with van der Waals surface area (Å²) in [6.07, 6.45) is 0. The van der Waals surface area contributed by atoms with Crippen LogP contribution in [0.5, 0.6) is 0 Å². The number of hydrogen-bond acceptors (Lipinski definition) is 4. The molecule has 1 saturated heterocycles. The van der Waals surface area contributed by atoms with E-state index in [0.717, 1.165) is 24.4 Å². The van der Waals surface area contributed by atoms with Gasteiger partial charge in [-0.1, -0.05) is 30.3 Å². The standard InChI is InChI=1S/C18H22N2O3S/c1-15-13-23-12-11-20(15)18-9-7-17(8-10-18)19-24(21,22)14-16-5-3-2-4-6-16/h2-10,15,19H,11-14H2,1H3. The summed E-state index contributed by atoms with van der Waals surface area (Å²) >= 11 is 0. The van der Waals surface area contributed by atoms with Crippen LogP contribution in [0.2, 0.25) is 0 Å². The summed E-state index contributed by atoms with van der Waals surface area (Å²) in [6, 6.07) is 17.0. The lowest BCUT2D eigenvalue weighted by Gasteiger charge is -2.35. The molecule has 6 heteroatoms. The van der Waals surface area contributed by atoms with Crippen LogP contribution in [0.25, 0.3) is 0 Å². The summed E-state index contributed by atoms with van der Waals surface area (Å²) in [5.74, 6) is -0.0317. The Morgan fingerprint density at radius 3 is 2.50 bits per heavy atom. The second-order valence-electron chi connectivity index (χ2n) is 6.01. The topological polar surface area (TPSA) is 58.6 Å². The Balaban J connectivity index is 1.67. The van der Waals surface area contributed by atoms with Gasteiger partial charge in [0, 0.05) is 24.0 Å². The van der Waals surface area contributed by atoms with Crippen molar-refractivity contribution in [1.29, 1.82) is 0 Å². The lowest BCUT2D eigenvalue weighted by Crippen LogP contribution is -2.43. The van der Waals surface area contributed by atoms with Gasteiger partial charge in [0.15, 0.2) is 0 Å². The molecule has 0 saturated carbocycles. The van der Waals surface area contributed by atoms with Gasteiger partial charge in [-0.3, -0.25) is 4.72 Å². The third kappa shape index (κ3) is 4.27. The van der Waals surface area contributed by atoms with Gasteiger partial charge >= 0.3 is 0 Å². The van der Waals surface area contributed by atoms with E-state index in [9.17, 15) is 8.42 Å². The molecular formula is C18H22N2O3S. The van der Waals surface area contributed by atoms with Crippen molar-refractivity contribution in [2.75, 3.05) is 29.4 Å². The maximum atomic E-state index is 12.3. The first-order valence-corrected chi connectivity index (χ1v) is 9.67. The van der Waals surface area contributed by atoms with Gasteiger partial charge in [-0.2, -0.15) is 0 Å². The fraction of sp³-hybridized carbons (Fsp3) is 0.333. The molecule has 128 valence electrons. The van der Waals surface area contributed by atoms with E-state index in [1.54, 1.807) is 12.1 Å². The van der Waals surface area contributed by atoms with Crippen molar-refractivity contribution in [2.45, 2.75) is 18.7 Å². The van der Waals surface area contributed by atoms with Crippen LogP contribution in [-0.4, -0.2) is 34.2 Å². The molecule has 1 aliphatic rings. The SMILES string of the molecule is CC1COCCN1c1ccc(NS(=O)(=O)Cc2ccccc2)cc1. The maximum absolute atomic E-state index is 12.3. The number of morpholine rings is 1. The molecule has 1 unspecified atom stereocenters. The fourth-order valence-corrected chi connectivity index (χ4v) is 4.04. The molecule has 2 aromatic carbocycles. The Kier molecular flexibility index (Phi) is 5.06. The number of benzene rings is 2. The van der Waals surface area contributed by atoms with Crippen molar-refractivity contribution in [3.8, 4) is 0 Å². The van der Waals surface area contributed by atoms with Gasteiger partial charge in [-0.15, -0.1) is 0 Å². The van der Waals surface area contributed by atoms with Gasteiger partial charge in [-0.25, -0.2) is 8.42 Å². The van der Waals surface area contributed by atoms with E-state index >= 15 is 0 Å². The second kappa shape index (κ2) is 7.23. The average Bonchev–Trinajstić information content (AvgIpc) is 2.56. The molecule has 1 fully saturated rings. The highest BCUT2D eigenvalue weighted by atomic mass is 32.2. The largest absolute Gasteiger partial charge is 0.377 e. The van der Waals surface area contributed by atoms with Gasteiger partial charge in [0.1, 0.15) is 0 Å². The van der Waals surface area contributed by atoms with E-state index < -0.39 is 10.0 Å². The smallest absolute Gasteiger partial charge is 0.236 e. The Morgan fingerprint density at radius 2 is 1.83 bits per heavy atom. The average molecular weight is 346 g/mol. The summed E-state index contributed by atoms with van der Waals surface area (Å²) < 4.78 is 32.6. The highest BCUT2D eigenvalue weighted by Crippen LogP contribution is 2.22. The summed E-state index contributed by atoms with van der Waals surface area (Å²) in [7, 11) is -3.42. The quantitative estimate of drug-likeness (QED) is 0.904. The molecule has 1 N–H and O–H groups in total. The van der Waals surface area contributed by atoms with Crippen LogP contribution < -0.4 is 9.62 Å². The molecule has 3 rings (SSSR count). The molecule has 24 heavy (non-hydrogen) atoms. The molecule has 5 nitrogen and oxygen atoms in total. The molecule has 1 aliphatic heterocycles. The normalized spacial score (nSPS) is 18.4. The van der Waals surface area contributed by atoms with E-state index in [0.29, 0.717) is 18.3 Å². The predicted molar refractivity (Wildman–Crippen MR) is 96.8 cm³/mol. The molecule has 0 bridgehead atoms. The zero-order chi connectivity index (χ0) is 17.0. The predicted octanol–water partition coefficient (Wildman–Crippen LogP) is 2.85. The molecule has 2 aromatic rings. The summed E-state index contributed by atoms with van der Waals surface area (Å²) in [6.45, 7) is 4.40. The number of nitrogens with zero attached hydrogens (tertiary/aromatic N) is 1. The molecular weight excluding hydrogens is 324 g/mol. The number of ether oxygens (including phenoxy) is 1. The molecule has 0 aliphatic carbocycles. The van der Waals surface area contributed by atoms with Crippen molar-refractivity contribution >= 4 is 21.4 Å². The first kappa shape index (κ1) is 16.8. The minimum Gasteiger partial charge on any atom is -0.377 e. The number of rotatable bonds is 5. The number of hydrogen-bond donors (Lipinski definition) is 1. The van der Waals surface area contributed by atoms with Crippen molar-refractivity contribution in [2.24, 2.45) is 0 Å². The van der Waals surface area contributed by atoms with Crippen molar-refractivity contribution in [3.05, 3.63) is 60.2 Å². The Hall–Kier alpha value is -2.05. The first-order chi connectivity index (χ1) is 11.5. The molecule has 0 aromatic heterocycles. The van der Waals surface area contributed by atoms with Crippen LogP contribution in [0.1, 0.15) is 12.5 Å². The highest BCUT2D eigenvalue weighted by molar-refractivity contribution is 7.91. The number of nitrogens with one attached hydrogen (secondary N) is 1. The van der Waals surface area contributed by atoms with Crippen LogP contribution in [0, 0.1) is 0 Å². The summed E-state index contributed by atoms with van der Waals surface area (Å²) in [5.41, 5.74) is 2.43.